The van der Waals surface area contributed by atoms with E-state index < -0.39 is 0 Å². The molecule has 0 fully saturated rings. The van der Waals surface area contributed by atoms with Gasteiger partial charge in [0.25, 0.3) is 5.52 Å². The Morgan fingerprint density at radius 2 is 1.78 bits per heavy atom. The van der Waals surface area contributed by atoms with Crippen LogP contribution in [0.5, 0.6) is 0 Å². The van der Waals surface area contributed by atoms with Crippen molar-refractivity contribution < 1.29 is 18.9 Å². The van der Waals surface area contributed by atoms with E-state index in [1.165, 1.54) is 5.56 Å². The van der Waals surface area contributed by atoms with Gasteiger partial charge >= 0.3 is 5.89 Å². The summed E-state index contributed by atoms with van der Waals surface area (Å²) in [6.45, 7) is 9.92. The van der Waals surface area contributed by atoms with Gasteiger partial charge in [0.15, 0.2) is 0 Å². The minimum absolute atomic E-state index is 0.0217. The molecule has 2 heterocycles. The van der Waals surface area contributed by atoms with Crippen LogP contribution in [0.15, 0.2) is 81.6 Å². The monoisotopic (exact) mass is 427 g/mol. The zero-order valence-electron chi connectivity index (χ0n) is 18.8. The van der Waals surface area contributed by atoms with Crippen LogP contribution in [0.4, 0.5) is 5.69 Å². The minimum atomic E-state index is -0.260. The number of aliphatic hydroxyl groups excluding tert-OH is 1. The Kier molecular flexibility index (Phi) is 4.59. The number of Topliss-reactive ketones (excluding diaryl/α,β-unsaturated/α-hetero) is 1. The van der Waals surface area contributed by atoms with Gasteiger partial charge in [-0.1, -0.05) is 44.2 Å². The van der Waals surface area contributed by atoms with Crippen LogP contribution < -0.4 is 9.47 Å². The molecule has 162 valence electrons. The molecule has 1 aliphatic heterocycles. The van der Waals surface area contributed by atoms with Gasteiger partial charge in [-0.2, -0.15) is 4.57 Å². The van der Waals surface area contributed by atoms with E-state index in [2.05, 4.69) is 37.8 Å². The van der Waals surface area contributed by atoms with Crippen molar-refractivity contribution in [3.05, 3.63) is 88.7 Å². The van der Waals surface area contributed by atoms with Crippen molar-refractivity contribution in [2.24, 2.45) is 0 Å². The maximum atomic E-state index is 13.1. The van der Waals surface area contributed by atoms with Gasteiger partial charge in [0.1, 0.15) is 12.3 Å². The predicted octanol–water partition coefficient (Wildman–Crippen LogP) is 5.22. The number of benzene rings is 2. The fourth-order valence-electron chi connectivity index (χ4n) is 4.90. The summed E-state index contributed by atoms with van der Waals surface area (Å²) >= 11 is 0. The number of fused-ring (bicyclic) bond motifs is 2. The van der Waals surface area contributed by atoms with E-state index in [0.29, 0.717) is 18.0 Å². The number of hydrogen-bond acceptors (Lipinski definition) is 4. The van der Waals surface area contributed by atoms with E-state index in [1.54, 1.807) is 6.08 Å². The molecule has 0 atom stereocenters. The van der Waals surface area contributed by atoms with Gasteiger partial charge < -0.3 is 14.4 Å². The highest BCUT2D eigenvalue weighted by Crippen LogP contribution is 2.48. The van der Waals surface area contributed by atoms with Gasteiger partial charge in [-0.15, -0.1) is 0 Å². The van der Waals surface area contributed by atoms with Crippen LogP contribution in [0.2, 0.25) is 0 Å². The molecule has 0 bridgehead atoms. The molecule has 2 aliphatic rings. The van der Waals surface area contributed by atoms with Crippen LogP contribution in [0.3, 0.4) is 0 Å². The molecule has 0 amide bonds. The lowest BCUT2D eigenvalue weighted by atomic mass is 9.80. The molecule has 0 spiro atoms. The standard InChI is InChI=1S/C27H26N2O3/c1-5-28-20-12-8-7-11-19(20)27(3,4)23(28)15-17-25(30)18(26(17)31)16-24-29(6-2)21-13-9-10-14-22(21)32-24/h7-16H,5-6H2,1-4H3/p+1. The molecule has 5 heteroatoms. The van der Waals surface area contributed by atoms with Gasteiger partial charge in [0.2, 0.25) is 11.4 Å². The number of para-hydroxylation sites is 3. The molecule has 5 rings (SSSR count). The summed E-state index contributed by atoms with van der Waals surface area (Å²) in [5.41, 5.74) is 5.49. The van der Waals surface area contributed by atoms with E-state index in [1.807, 2.05) is 54.0 Å². The summed E-state index contributed by atoms with van der Waals surface area (Å²) in [5.74, 6) is 0.411. The molecular formula is C27H27N2O3+. The third kappa shape index (κ3) is 2.77. The maximum Gasteiger partial charge on any atom is 0.374 e. The number of rotatable bonds is 4. The fourth-order valence-corrected chi connectivity index (χ4v) is 4.90. The summed E-state index contributed by atoms with van der Waals surface area (Å²) in [7, 11) is 0. The van der Waals surface area contributed by atoms with Gasteiger partial charge in [-0.25, -0.2) is 0 Å². The fraction of sp³-hybridized carbons (Fsp3) is 0.259. The van der Waals surface area contributed by atoms with Crippen LogP contribution in [0.1, 0.15) is 39.1 Å². The van der Waals surface area contributed by atoms with Crippen molar-refractivity contribution in [2.75, 3.05) is 11.4 Å². The maximum absolute atomic E-state index is 13.1. The van der Waals surface area contributed by atoms with E-state index >= 15 is 0 Å². The Labute approximate surface area is 187 Å². The molecule has 0 saturated heterocycles. The Balaban J connectivity index is 1.57. The molecule has 1 aromatic heterocycles. The van der Waals surface area contributed by atoms with Gasteiger partial charge in [0, 0.05) is 29.4 Å². The average molecular weight is 428 g/mol. The largest absolute Gasteiger partial charge is 0.506 e. The number of hydrogen-bond donors (Lipinski definition) is 1. The Morgan fingerprint density at radius 1 is 1.06 bits per heavy atom. The number of aromatic nitrogens is 1. The first-order valence-corrected chi connectivity index (χ1v) is 11.1. The number of anilines is 1. The minimum Gasteiger partial charge on any atom is -0.506 e. The SMILES string of the molecule is CCN1C(=CC2=C(O)C(=Cc3oc4ccccc4[n+]3CC)C2=O)C(C)(C)c2ccccc21. The number of carbonyl (C=O) groups excluding carboxylic acids is 1. The van der Waals surface area contributed by atoms with Crippen LogP contribution in [0, 0.1) is 0 Å². The van der Waals surface area contributed by atoms with Gasteiger partial charge in [0.05, 0.1) is 17.2 Å². The number of aliphatic hydroxyl groups is 1. The van der Waals surface area contributed by atoms with E-state index in [9.17, 15) is 9.90 Å². The highest BCUT2D eigenvalue weighted by atomic mass is 16.4. The number of carbonyl (C=O) groups is 1. The van der Waals surface area contributed by atoms with Crippen LogP contribution in [-0.2, 0) is 16.8 Å². The van der Waals surface area contributed by atoms with Crippen molar-refractivity contribution in [2.45, 2.75) is 39.7 Å². The quantitative estimate of drug-likeness (QED) is 0.458. The van der Waals surface area contributed by atoms with Crippen molar-refractivity contribution >= 4 is 28.6 Å². The highest BCUT2D eigenvalue weighted by molar-refractivity contribution is 6.23. The van der Waals surface area contributed by atoms with Crippen LogP contribution >= 0.6 is 0 Å². The highest BCUT2D eigenvalue weighted by Gasteiger charge is 2.42. The first-order valence-electron chi connectivity index (χ1n) is 11.1. The second kappa shape index (κ2) is 7.23. The van der Waals surface area contributed by atoms with E-state index in [-0.39, 0.29) is 22.5 Å². The average Bonchev–Trinajstić information content (AvgIpc) is 3.27. The normalized spacial score (nSPS) is 19.9. The van der Waals surface area contributed by atoms with Crippen LogP contribution in [0.25, 0.3) is 17.2 Å². The summed E-state index contributed by atoms with van der Waals surface area (Å²) in [5, 5.41) is 10.8. The van der Waals surface area contributed by atoms with E-state index in [0.717, 1.165) is 29.0 Å². The smallest absolute Gasteiger partial charge is 0.374 e. The zero-order chi connectivity index (χ0) is 22.6. The lowest BCUT2D eigenvalue weighted by Gasteiger charge is -2.28. The number of nitrogens with zero attached hydrogens (tertiary/aromatic N) is 2. The van der Waals surface area contributed by atoms with E-state index in [4.69, 9.17) is 4.42 Å². The molecule has 1 aliphatic carbocycles. The lowest BCUT2D eigenvalue weighted by molar-refractivity contribution is -0.674. The summed E-state index contributed by atoms with van der Waals surface area (Å²) in [6.07, 6.45) is 3.50. The van der Waals surface area contributed by atoms with Crippen LogP contribution in [-0.4, -0.2) is 17.4 Å². The predicted molar refractivity (Wildman–Crippen MR) is 125 cm³/mol. The van der Waals surface area contributed by atoms with Gasteiger partial charge in [-0.05, 0) is 37.6 Å². The Morgan fingerprint density at radius 3 is 2.50 bits per heavy atom. The van der Waals surface area contributed by atoms with Crippen molar-refractivity contribution in [1.82, 2.24) is 0 Å². The third-order valence-electron chi connectivity index (χ3n) is 6.62. The molecular weight excluding hydrogens is 400 g/mol. The second-order valence-corrected chi connectivity index (χ2v) is 8.72. The molecule has 0 radical (unpaired) electrons. The Hall–Kier alpha value is -3.60. The first kappa shape index (κ1) is 20.3. The Bertz CT molecular complexity index is 1350. The van der Waals surface area contributed by atoms with Crippen molar-refractivity contribution in [3.63, 3.8) is 0 Å². The number of allylic oxidation sites excluding steroid dienone is 4. The van der Waals surface area contributed by atoms with Crippen molar-refractivity contribution in [1.29, 1.82) is 0 Å². The van der Waals surface area contributed by atoms with Crippen molar-refractivity contribution in [3.8, 4) is 0 Å². The molecule has 2 aromatic carbocycles. The topological polar surface area (TPSA) is 57.6 Å². The number of likely N-dealkylation sites (N-methyl/N-ethyl adjacent to an activating group) is 1. The zero-order valence-corrected chi connectivity index (χ0v) is 18.8. The molecule has 1 N–H and O–H groups in total. The molecule has 0 unspecified atom stereocenters. The summed E-state index contributed by atoms with van der Waals surface area (Å²) in [6, 6.07) is 16.1. The molecule has 3 aromatic rings. The number of ketones is 1. The molecule has 32 heavy (non-hydrogen) atoms. The molecule has 0 saturated carbocycles. The first-order chi connectivity index (χ1) is 15.4. The number of oxazole rings is 1. The third-order valence-corrected chi connectivity index (χ3v) is 6.62. The molecule has 5 nitrogen and oxygen atoms in total. The van der Waals surface area contributed by atoms with Gasteiger partial charge in [-0.3, -0.25) is 4.79 Å². The second-order valence-electron chi connectivity index (χ2n) is 8.72. The summed E-state index contributed by atoms with van der Waals surface area (Å²) in [4.78, 5) is 15.3. The number of aryl methyl sites for hydroxylation is 1. The lowest BCUT2D eigenvalue weighted by Crippen LogP contribution is -2.34. The summed E-state index contributed by atoms with van der Waals surface area (Å²) < 4.78 is 7.94.